The molecule has 2 heterocycles. The molecule has 6 aromatic rings. The highest BCUT2D eigenvalue weighted by Gasteiger charge is 2.17. The zero-order valence-corrected chi connectivity index (χ0v) is 37.7. The zero-order valence-electron chi connectivity index (χ0n) is 37.7. The second kappa shape index (κ2) is 26.1. The second-order valence-electron chi connectivity index (χ2n) is 15.1. The monoisotopic (exact) mass is 890 g/mol. The summed E-state index contributed by atoms with van der Waals surface area (Å²) in [5.41, 5.74) is 6.10. The van der Waals surface area contributed by atoms with Crippen LogP contribution in [0, 0.1) is 21.4 Å². The molecule has 0 fully saturated rings. The van der Waals surface area contributed by atoms with Crippen molar-refractivity contribution in [1.29, 1.82) is 5.26 Å². The SMILES string of the molecule is COCCCn1c(-c2ccc(C#N)cc2)nc2ccc(OCCCCCC(=O)OC)cc21.COCCCn1c(-c2ccc([N+](=O)[O-])cc2)nc2ccc(OCCCCCC(=O)OC)cc21. The van der Waals surface area contributed by atoms with Gasteiger partial charge in [0.15, 0.2) is 0 Å². The molecule has 6 rings (SSSR count). The van der Waals surface area contributed by atoms with E-state index in [2.05, 4.69) is 24.7 Å². The Morgan fingerprint density at radius 3 is 1.45 bits per heavy atom. The highest BCUT2D eigenvalue weighted by atomic mass is 16.6. The number of methoxy groups -OCH3 is 4. The Hall–Kier alpha value is -6.83. The number of esters is 2. The van der Waals surface area contributed by atoms with E-state index in [9.17, 15) is 19.7 Å². The van der Waals surface area contributed by atoms with Crippen LogP contribution in [0.5, 0.6) is 11.5 Å². The van der Waals surface area contributed by atoms with Crippen LogP contribution in [-0.4, -0.2) is 90.8 Å². The highest BCUT2D eigenvalue weighted by Crippen LogP contribution is 2.31. The van der Waals surface area contributed by atoms with E-state index in [4.69, 9.17) is 34.2 Å². The maximum atomic E-state index is 11.2. The number of nitrogens with zero attached hydrogens (tertiary/aromatic N) is 6. The van der Waals surface area contributed by atoms with Crippen molar-refractivity contribution in [3.05, 3.63) is 101 Å². The third kappa shape index (κ3) is 14.6. The molecule has 0 saturated heterocycles. The topological polar surface area (TPSA) is 192 Å². The quantitative estimate of drug-likeness (QED) is 0.0229. The number of imidazole rings is 2. The number of aryl methyl sites for hydroxylation is 2. The first-order valence-electron chi connectivity index (χ1n) is 21.8. The molecule has 0 aliphatic heterocycles. The number of ether oxygens (including phenoxy) is 6. The number of nitro benzene ring substituents is 1. The maximum absolute atomic E-state index is 11.2. The van der Waals surface area contributed by atoms with Gasteiger partial charge in [0, 0.05) is 88.8 Å². The molecule has 0 saturated carbocycles. The van der Waals surface area contributed by atoms with Gasteiger partial charge in [-0.25, -0.2) is 9.97 Å². The average molecular weight is 891 g/mol. The number of rotatable bonds is 25. The van der Waals surface area contributed by atoms with Gasteiger partial charge in [-0.1, -0.05) is 0 Å². The summed E-state index contributed by atoms with van der Waals surface area (Å²) in [6.45, 7) is 3.87. The minimum atomic E-state index is -0.412. The molecule has 4 aromatic carbocycles. The summed E-state index contributed by atoms with van der Waals surface area (Å²) in [5, 5.41) is 20.1. The summed E-state index contributed by atoms with van der Waals surface area (Å²) in [6.07, 6.45) is 7.62. The van der Waals surface area contributed by atoms with Gasteiger partial charge >= 0.3 is 11.9 Å². The van der Waals surface area contributed by atoms with Crippen molar-refractivity contribution >= 4 is 39.7 Å². The van der Waals surface area contributed by atoms with Crippen LogP contribution in [0.3, 0.4) is 0 Å². The molecule has 0 spiro atoms. The molecule has 344 valence electrons. The Labute approximate surface area is 379 Å². The van der Waals surface area contributed by atoms with E-state index in [-0.39, 0.29) is 17.6 Å². The third-order valence-electron chi connectivity index (χ3n) is 10.6. The number of carbonyl (C=O) groups is 2. The van der Waals surface area contributed by atoms with Gasteiger partial charge < -0.3 is 37.6 Å². The standard InChI is InChI=1S/C25H29N3O4.C24H29N3O6/c1-30-15-6-14-28-23-17-21(32-16-5-3-4-7-24(29)31-2)12-13-22(23)27-25(28)20-10-8-19(18-26)9-11-20;1-31-15-6-14-26-22-17-20(33-16-5-3-4-7-23(28)32-2)12-13-21(22)25-24(26)18-8-10-19(11-9-18)27(29)30/h8-13,17H,3-7,14-16H2,1-2H3;8-13,17H,3-7,14-16H2,1-2H3. The van der Waals surface area contributed by atoms with Crippen LogP contribution in [0.2, 0.25) is 0 Å². The van der Waals surface area contributed by atoms with E-state index in [1.165, 1.54) is 26.4 Å². The first kappa shape index (κ1) is 49.2. The lowest BCUT2D eigenvalue weighted by Gasteiger charge is -2.10. The fraction of sp³-hybridized carbons (Fsp3) is 0.408. The maximum Gasteiger partial charge on any atom is 0.305 e. The number of aromatic nitrogens is 4. The number of benzene rings is 4. The Morgan fingerprint density at radius 2 is 1.05 bits per heavy atom. The highest BCUT2D eigenvalue weighted by molar-refractivity contribution is 5.83. The van der Waals surface area contributed by atoms with Crippen LogP contribution in [0.1, 0.15) is 69.8 Å². The summed E-state index contributed by atoms with van der Waals surface area (Å²) < 4.78 is 35.9. The van der Waals surface area contributed by atoms with Crippen LogP contribution in [0.15, 0.2) is 84.9 Å². The zero-order chi connectivity index (χ0) is 46.4. The minimum absolute atomic E-state index is 0.0445. The smallest absolute Gasteiger partial charge is 0.305 e. The number of unbranched alkanes of at least 4 members (excludes halogenated alkanes) is 4. The predicted molar refractivity (Wildman–Crippen MR) is 247 cm³/mol. The van der Waals surface area contributed by atoms with E-state index >= 15 is 0 Å². The lowest BCUT2D eigenvalue weighted by Crippen LogP contribution is -2.04. The summed E-state index contributed by atoms with van der Waals surface area (Å²) in [6, 6.07) is 27.8. The van der Waals surface area contributed by atoms with Crippen molar-refractivity contribution in [3.63, 3.8) is 0 Å². The largest absolute Gasteiger partial charge is 0.494 e. The fourth-order valence-electron chi connectivity index (χ4n) is 7.12. The van der Waals surface area contributed by atoms with Crippen LogP contribution in [-0.2, 0) is 41.6 Å². The third-order valence-corrected chi connectivity index (χ3v) is 10.6. The van der Waals surface area contributed by atoms with Gasteiger partial charge in [0.05, 0.1) is 66.1 Å². The average Bonchev–Trinajstić information content (AvgIpc) is 3.88. The molecule has 0 unspecified atom stereocenters. The van der Waals surface area contributed by atoms with Crippen molar-refractivity contribution in [2.75, 3.05) is 54.9 Å². The van der Waals surface area contributed by atoms with E-state index in [1.54, 1.807) is 26.4 Å². The number of fused-ring (bicyclic) bond motifs is 2. The number of carbonyl (C=O) groups excluding carboxylic acids is 2. The second-order valence-corrected chi connectivity index (χ2v) is 15.1. The normalized spacial score (nSPS) is 10.9. The van der Waals surface area contributed by atoms with Crippen molar-refractivity contribution in [3.8, 4) is 40.3 Å². The Kier molecular flexibility index (Phi) is 19.7. The predicted octanol–water partition coefficient (Wildman–Crippen LogP) is 9.48. The molecule has 0 aliphatic carbocycles. The van der Waals surface area contributed by atoms with Gasteiger partial charge in [-0.3, -0.25) is 19.7 Å². The van der Waals surface area contributed by atoms with Crippen LogP contribution in [0.25, 0.3) is 44.8 Å². The molecule has 0 N–H and O–H groups in total. The van der Waals surface area contributed by atoms with Gasteiger partial charge in [0.1, 0.15) is 23.1 Å². The molecule has 0 atom stereocenters. The number of hydrogen-bond acceptors (Lipinski definition) is 13. The molecule has 16 heteroatoms. The van der Waals surface area contributed by atoms with Gasteiger partial charge in [-0.2, -0.15) is 5.26 Å². The van der Waals surface area contributed by atoms with Crippen molar-refractivity contribution in [2.45, 2.75) is 77.3 Å². The van der Waals surface area contributed by atoms with Gasteiger partial charge in [-0.05, 0) is 112 Å². The van der Waals surface area contributed by atoms with Crippen LogP contribution >= 0.6 is 0 Å². The first-order chi connectivity index (χ1) is 31.7. The van der Waals surface area contributed by atoms with Crippen molar-refractivity contribution < 1.29 is 42.9 Å². The number of nitriles is 1. The summed E-state index contributed by atoms with van der Waals surface area (Å²) in [4.78, 5) is 42.5. The van der Waals surface area contributed by atoms with Crippen molar-refractivity contribution in [1.82, 2.24) is 19.1 Å². The Morgan fingerprint density at radius 1 is 0.600 bits per heavy atom. The summed E-state index contributed by atoms with van der Waals surface area (Å²) in [5.74, 6) is 2.79. The first-order valence-corrected chi connectivity index (χ1v) is 21.8. The van der Waals surface area contributed by atoms with Gasteiger partial charge in [0.2, 0.25) is 0 Å². The lowest BCUT2D eigenvalue weighted by molar-refractivity contribution is -0.384. The van der Waals surface area contributed by atoms with Crippen LogP contribution in [0.4, 0.5) is 5.69 Å². The van der Waals surface area contributed by atoms with Crippen LogP contribution < -0.4 is 9.47 Å². The molecule has 0 amide bonds. The molecular formula is C49H58N6O10. The molecule has 16 nitrogen and oxygen atoms in total. The molecule has 0 radical (unpaired) electrons. The van der Waals surface area contributed by atoms with E-state index < -0.39 is 4.92 Å². The molecule has 65 heavy (non-hydrogen) atoms. The van der Waals surface area contributed by atoms with E-state index in [1.807, 2.05) is 60.7 Å². The summed E-state index contributed by atoms with van der Waals surface area (Å²) in [7, 11) is 6.17. The van der Waals surface area contributed by atoms with E-state index in [0.717, 1.165) is 114 Å². The van der Waals surface area contributed by atoms with E-state index in [0.29, 0.717) is 51.4 Å². The number of non-ortho nitro benzene ring substituents is 1. The molecular weight excluding hydrogens is 833 g/mol. The van der Waals surface area contributed by atoms with Gasteiger partial charge in [-0.15, -0.1) is 0 Å². The Bertz CT molecular complexity index is 2490. The lowest BCUT2D eigenvalue weighted by atomic mass is 10.1. The van der Waals surface area contributed by atoms with Crippen molar-refractivity contribution in [2.24, 2.45) is 0 Å². The minimum Gasteiger partial charge on any atom is -0.494 e. The summed E-state index contributed by atoms with van der Waals surface area (Å²) >= 11 is 0. The molecule has 0 bridgehead atoms. The molecule has 2 aromatic heterocycles. The number of nitro groups is 1. The fourth-order valence-corrected chi connectivity index (χ4v) is 7.12. The molecule has 0 aliphatic rings. The Balaban J connectivity index is 0.000000244. The van der Waals surface area contributed by atoms with Gasteiger partial charge in [0.25, 0.3) is 5.69 Å². The number of hydrogen-bond donors (Lipinski definition) is 0.